The fourth-order valence-corrected chi connectivity index (χ4v) is 1.47. The molecule has 0 aliphatic rings. The van der Waals surface area contributed by atoms with Crippen LogP contribution >= 0.6 is 0 Å². The van der Waals surface area contributed by atoms with Crippen LogP contribution in [0.1, 0.15) is 47.0 Å². The molecule has 4 heteroatoms. The largest absolute Gasteiger partial charge is 0.466 e. The highest BCUT2D eigenvalue weighted by Crippen LogP contribution is 2.31. The molecule has 0 unspecified atom stereocenters. The Hall–Kier alpha value is -1.15. The third-order valence-electron chi connectivity index (χ3n) is 2.74. The van der Waals surface area contributed by atoms with Crippen LogP contribution in [-0.4, -0.2) is 18.7 Å². The van der Waals surface area contributed by atoms with Crippen molar-refractivity contribution in [3.8, 4) is 0 Å². The first kappa shape index (κ1) is 16.3. The summed E-state index contributed by atoms with van der Waals surface area (Å²) in [6, 6.07) is 0. The molecule has 0 rings (SSSR count). The summed E-state index contributed by atoms with van der Waals surface area (Å²) in [6.07, 6.45) is 2.87. The van der Waals surface area contributed by atoms with Crippen molar-refractivity contribution < 1.29 is 19.1 Å². The molecule has 15 heavy (non-hydrogen) atoms. The maximum absolute atomic E-state index is 11.5. The molecule has 0 aromatic heterocycles. The molecule has 0 amide bonds. The maximum Gasteiger partial charge on any atom is 0.373 e. The maximum atomic E-state index is 11.5. The van der Waals surface area contributed by atoms with Gasteiger partial charge in [-0.1, -0.05) is 20.8 Å². The Morgan fingerprint density at radius 1 is 1.07 bits per heavy atom. The molecular weight excluding hydrogens is 196 g/mol. The summed E-state index contributed by atoms with van der Waals surface area (Å²) in [5.41, 5.74) is -0.226. The third-order valence-corrected chi connectivity index (χ3v) is 2.74. The van der Waals surface area contributed by atoms with Crippen LogP contribution in [0, 0.1) is 5.41 Å². The monoisotopic (exact) mass is 216 g/mol. The minimum Gasteiger partial charge on any atom is -0.466 e. The molecule has 0 aromatic carbocycles. The lowest BCUT2D eigenvalue weighted by Gasteiger charge is -2.27. The van der Waals surface area contributed by atoms with Crippen LogP contribution in [0.4, 0.5) is 0 Å². The minimum atomic E-state index is -0.226. The Kier molecular flexibility index (Phi) is 10.2. The van der Waals surface area contributed by atoms with E-state index in [-0.39, 0.29) is 17.5 Å². The molecule has 0 aromatic rings. The summed E-state index contributed by atoms with van der Waals surface area (Å²) in [5, 5.41) is 0. The third kappa shape index (κ3) is 5.33. The van der Waals surface area contributed by atoms with Crippen LogP contribution in [0.5, 0.6) is 0 Å². The molecule has 4 nitrogen and oxygen atoms in total. The van der Waals surface area contributed by atoms with Crippen molar-refractivity contribution in [1.29, 1.82) is 0 Å². The molecule has 0 N–H and O–H groups in total. The van der Waals surface area contributed by atoms with E-state index in [2.05, 4.69) is 0 Å². The molecule has 0 atom stereocenters. The van der Waals surface area contributed by atoms with Crippen LogP contribution < -0.4 is 0 Å². The average molecular weight is 216 g/mol. The van der Waals surface area contributed by atoms with E-state index in [0.29, 0.717) is 6.61 Å². The van der Waals surface area contributed by atoms with Crippen molar-refractivity contribution in [2.75, 3.05) is 6.61 Å². The van der Waals surface area contributed by atoms with Crippen molar-refractivity contribution in [1.82, 2.24) is 0 Å². The molecule has 88 valence electrons. The lowest BCUT2D eigenvalue weighted by molar-refractivity contribution is -0.191. The summed E-state index contributed by atoms with van der Waals surface area (Å²) in [4.78, 5) is 27.8. The van der Waals surface area contributed by atoms with E-state index in [1.165, 1.54) is 0 Å². The van der Waals surface area contributed by atoms with Gasteiger partial charge in [0.1, 0.15) is 0 Å². The zero-order valence-corrected chi connectivity index (χ0v) is 9.96. The van der Waals surface area contributed by atoms with Gasteiger partial charge < -0.3 is 4.74 Å². The van der Waals surface area contributed by atoms with E-state index in [9.17, 15) is 4.79 Å². The summed E-state index contributed by atoms with van der Waals surface area (Å²) < 4.78 is 5.04. The first-order valence-corrected chi connectivity index (χ1v) is 5.24. The zero-order chi connectivity index (χ0) is 12.3. The van der Waals surface area contributed by atoms with Gasteiger partial charge in [0, 0.05) is 0 Å². The first-order chi connectivity index (χ1) is 7.08. The number of carbonyl (C=O) groups excluding carboxylic acids is 3. The number of ether oxygens (including phenoxy) is 1. The van der Waals surface area contributed by atoms with Crippen molar-refractivity contribution in [3.63, 3.8) is 0 Å². The highest BCUT2D eigenvalue weighted by atomic mass is 16.5. The van der Waals surface area contributed by atoms with Gasteiger partial charge in [-0.2, -0.15) is 9.59 Å². The molecular formula is C11H20O4. The Morgan fingerprint density at radius 2 is 1.40 bits per heavy atom. The first-order valence-electron chi connectivity index (χ1n) is 5.24. The van der Waals surface area contributed by atoms with E-state index in [1.807, 2.05) is 27.7 Å². The molecule has 0 heterocycles. The van der Waals surface area contributed by atoms with E-state index < -0.39 is 0 Å². The Balaban J connectivity index is 0. The van der Waals surface area contributed by atoms with Crippen LogP contribution in [-0.2, 0) is 19.1 Å². The fourth-order valence-electron chi connectivity index (χ4n) is 1.47. The van der Waals surface area contributed by atoms with E-state index in [0.717, 1.165) is 19.3 Å². The molecule has 0 saturated heterocycles. The van der Waals surface area contributed by atoms with E-state index >= 15 is 0 Å². The van der Waals surface area contributed by atoms with Gasteiger partial charge in [-0.3, -0.25) is 4.79 Å². The summed E-state index contributed by atoms with van der Waals surface area (Å²) >= 11 is 0. The topological polar surface area (TPSA) is 60.4 Å². The van der Waals surface area contributed by atoms with Gasteiger partial charge in [-0.25, -0.2) is 0 Å². The molecule has 0 spiro atoms. The molecule has 0 bridgehead atoms. The predicted octanol–water partition coefficient (Wildman–Crippen LogP) is 2.18. The van der Waals surface area contributed by atoms with Gasteiger partial charge in [-0.15, -0.1) is 0 Å². The van der Waals surface area contributed by atoms with Crippen molar-refractivity contribution in [3.05, 3.63) is 0 Å². The van der Waals surface area contributed by atoms with E-state index in [4.69, 9.17) is 14.3 Å². The molecule has 0 aliphatic carbocycles. The standard InChI is InChI=1S/C10H20O2.CO2/c1-5-10(6-2,7-3)9(11)12-8-4;2-1-3/h5-8H2,1-4H3;. The Labute approximate surface area is 91.0 Å². The van der Waals surface area contributed by atoms with Gasteiger partial charge in [0.05, 0.1) is 12.0 Å². The van der Waals surface area contributed by atoms with Crippen LogP contribution in [0.25, 0.3) is 0 Å². The molecule has 0 aliphatic heterocycles. The van der Waals surface area contributed by atoms with Crippen molar-refractivity contribution in [2.45, 2.75) is 47.0 Å². The quantitative estimate of drug-likeness (QED) is 0.661. The van der Waals surface area contributed by atoms with Crippen LogP contribution in [0.15, 0.2) is 0 Å². The van der Waals surface area contributed by atoms with Crippen LogP contribution in [0.2, 0.25) is 0 Å². The van der Waals surface area contributed by atoms with Gasteiger partial charge in [0.2, 0.25) is 0 Å². The number of hydrogen-bond donors (Lipinski definition) is 0. The summed E-state index contributed by atoms with van der Waals surface area (Å²) in [7, 11) is 0. The highest BCUT2D eigenvalue weighted by Gasteiger charge is 2.33. The van der Waals surface area contributed by atoms with E-state index in [1.54, 1.807) is 0 Å². The second-order valence-corrected chi connectivity index (χ2v) is 3.14. The second kappa shape index (κ2) is 9.41. The lowest BCUT2D eigenvalue weighted by atomic mass is 9.80. The zero-order valence-electron chi connectivity index (χ0n) is 9.96. The minimum absolute atomic E-state index is 0.0301. The normalized spacial score (nSPS) is 9.60. The van der Waals surface area contributed by atoms with Gasteiger partial charge in [0.15, 0.2) is 0 Å². The smallest absolute Gasteiger partial charge is 0.373 e. The average Bonchev–Trinajstić information content (AvgIpc) is 2.23. The van der Waals surface area contributed by atoms with Crippen molar-refractivity contribution in [2.24, 2.45) is 5.41 Å². The predicted molar refractivity (Wildman–Crippen MR) is 54.9 cm³/mol. The second-order valence-electron chi connectivity index (χ2n) is 3.14. The molecule has 0 fully saturated rings. The summed E-state index contributed by atoms with van der Waals surface area (Å²) in [5.74, 6) is -0.0301. The Morgan fingerprint density at radius 3 is 1.60 bits per heavy atom. The molecule has 0 radical (unpaired) electrons. The highest BCUT2D eigenvalue weighted by molar-refractivity contribution is 5.76. The Bertz CT molecular complexity index is 192. The van der Waals surface area contributed by atoms with Gasteiger partial charge in [-0.05, 0) is 26.2 Å². The summed E-state index contributed by atoms with van der Waals surface area (Å²) in [6.45, 7) is 8.47. The number of hydrogen-bond acceptors (Lipinski definition) is 4. The number of carbonyl (C=O) groups is 1. The lowest BCUT2D eigenvalue weighted by Crippen LogP contribution is -2.31. The molecule has 0 saturated carbocycles. The number of rotatable bonds is 5. The number of esters is 1. The fraction of sp³-hybridized carbons (Fsp3) is 0.818. The van der Waals surface area contributed by atoms with Crippen LogP contribution in [0.3, 0.4) is 0 Å². The van der Waals surface area contributed by atoms with Gasteiger partial charge >= 0.3 is 12.1 Å². The van der Waals surface area contributed by atoms with Crippen molar-refractivity contribution >= 4 is 12.1 Å². The SMILES string of the molecule is CCOC(=O)C(CC)(CC)CC.O=C=O. The van der Waals surface area contributed by atoms with Gasteiger partial charge in [0.25, 0.3) is 0 Å².